The van der Waals surface area contributed by atoms with Gasteiger partial charge in [0.1, 0.15) is 3.53 Å². The molecule has 0 heterocycles. The highest BCUT2D eigenvalue weighted by molar-refractivity contribution is 8.47. The van der Waals surface area contributed by atoms with Gasteiger partial charge in [0, 0.05) is 24.3 Å². The normalized spacial score (nSPS) is 29.2. The van der Waals surface area contributed by atoms with Gasteiger partial charge in [0.25, 0.3) is 0 Å². The van der Waals surface area contributed by atoms with Crippen LogP contribution in [0.15, 0.2) is 0 Å². The standard InChI is InChI=1S/C19H30O4S3/c20-17(21)9-13-1-5-15(6-2-13)11-25-19(24)26-12-16-7-3-14(4-8-16)10-18(22)23/h13-16H,1-12H2,(H,20,21)(H,22,23). The molecule has 0 atom stereocenters. The van der Waals surface area contributed by atoms with Crippen molar-refractivity contribution >= 4 is 51.2 Å². The third kappa shape index (κ3) is 8.61. The van der Waals surface area contributed by atoms with Gasteiger partial charge >= 0.3 is 11.9 Å². The van der Waals surface area contributed by atoms with Gasteiger partial charge in [0.2, 0.25) is 0 Å². The molecule has 0 saturated heterocycles. The van der Waals surface area contributed by atoms with Crippen molar-refractivity contribution in [2.45, 2.75) is 64.2 Å². The van der Waals surface area contributed by atoms with Crippen LogP contribution in [0.3, 0.4) is 0 Å². The second-order valence-corrected chi connectivity index (χ2v) is 11.1. The number of hydrogen-bond donors (Lipinski definition) is 2. The molecule has 0 bridgehead atoms. The summed E-state index contributed by atoms with van der Waals surface area (Å²) in [6.07, 6.45) is 9.32. The van der Waals surface area contributed by atoms with Crippen LogP contribution in [0.25, 0.3) is 0 Å². The van der Waals surface area contributed by atoms with E-state index in [1.54, 1.807) is 23.5 Å². The Bertz CT molecular complexity index is 439. The van der Waals surface area contributed by atoms with Crippen LogP contribution >= 0.6 is 35.7 Å². The van der Waals surface area contributed by atoms with Crippen molar-refractivity contribution in [2.75, 3.05) is 11.5 Å². The van der Waals surface area contributed by atoms with Crippen molar-refractivity contribution in [1.82, 2.24) is 0 Å². The molecule has 0 aromatic heterocycles. The molecule has 0 spiro atoms. The lowest BCUT2D eigenvalue weighted by Gasteiger charge is -2.28. The molecule has 0 aliphatic heterocycles. The lowest BCUT2D eigenvalue weighted by molar-refractivity contribution is -0.139. The minimum absolute atomic E-state index is 0.322. The molecule has 0 amide bonds. The van der Waals surface area contributed by atoms with E-state index in [0.717, 1.165) is 66.4 Å². The third-order valence-electron chi connectivity index (χ3n) is 5.73. The molecule has 2 rings (SSSR count). The van der Waals surface area contributed by atoms with E-state index in [1.807, 2.05) is 0 Å². The molecule has 2 aliphatic rings. The first-order valence-electron chi connectivity index (χ1n) is 9.65. The molecular weight excluding hydrogens is 388 g/mol. The monoisotopic (exact) mass is 418 g/mol. The first kappa shape index (κ1) is 22.0. The van der Waals surface area contributed by atoms with E-state index in [1.165, 1.54) is 0 Å². The fraction of sp³-hybridized carbons (Fsp3) is 0.842. The Kier molecular flexibility index (Phi) is 9.78. The molecule has 0 aromatic carbocycles. The van der Waals surface area contributed by atoms with E-state index < -0.39 is 11.9 Å². The molecule has 2 saturated carbocycles. The molecule has 0 unspecified atom stereocenters. The smallest absolute Gasteiger partial charge is 0.303 e. The average Bonchev–Trinajstić information content (AvgIpc) is 2.59. The third-order valence-corrected chi connectivity index (χ3v) is 8.89. The first-order chi connectivity index (χ1) is 12.4. The van der Waals surface area contributed by atoms with Crippen LogP contribution in [0.4, 0.5) is 0 Å². The second-order valence-electron chi connectivity index (χ2n) is 7.84. The van der Waals surface area contributed by atoms with E-state index in [9.17, 15) is 9.59 Å². The van der Waals surface area contributed by atoms with Gasteiger partial charge in [-0.2, -0.15) is 0 Å². The van der Waals surface area contributed by atoms with Crippen molar-refractivity contribution in [2.24, 2.45) is 23.7 Å². The van der Waals surface area contributed by atoms with Gasteiger partial charge < -0.3 is 10.2 Å². The summed E-state index contributed by atoms with van der Waals surface area (Å²) in [6.45, 7) is 0. The van der Waals surface area contributed by atoms with Gasteiger partial charge in [0.15, 0.2) is 0 Å². The zero-order chi connectivity index (χ0) is 18.9. The van der Waals surface area contributed by atoms with Crippen LogP contribution in [-0.2, 0) is 9.59 Å². The van der Waals surface area contributed by atoms with E-state index in [-0.39, 0.29) is 0 Å². The Morgan fingerprint density at radius 3 is 1.31 bits per heavy atom. The maximum atomic E-state index is 10.8. The van der Waals surface area contributed by atoms with E-state index in [4.69, 9.17) is 22.4 Å². The van der Waals surface area contributed by atoms with Gasteiger partial charge in [-0.05, 0) is 75.0 Å². The maximum absolute atomic E-state index is 10.8. The summed E-state index contributed by atoms with van der Waals surface area (Å²) in [4.78, 5) is 21.6. The number of aliphatic carboxylic acids is 2. The summed E-state index contributed by atoms with van der Waals surface area (Å²) >= 11 is 9.11. The summed E-state index contributed by atoms with van der Waals surface area (Å²) in [5.74, 6) is 2.88. The lowest BCUT2D eigenvalue weighted by atomic mass is 9.81. The summed E-state index contributed by atoms with van der Waals surface area (Å²) in [7, 11) is 0. The van der Waals surface area contributed by atoms with Crippen molar-refractivity contribution in [3.05, 3.63) is 0 Å². The average molecular weight is 419 g/mol. The minimum Gasteiger partial charge on any atom is -0.481 e. The molecule has 0 radical (unpaired) electrons. The number of thiocarbonyl (C=S) groups is 1. The zero-order valence-electron chi connectivity index (χ0n) is 15.2. The van der Waals surface area contributed by atoms with E-state index in [0.29, 0.717) is 36.5 Å². The van der Waals surface area contributed by atoms with Crippen molar-refractivity contribution < 1.29 is 19.8 Å². The van der Waals surface area contributed by atoms with Gasteiger partial charge in [-0.3, -0.25) is 9.59 Å². The minimum atomic E-state index is -0.669. The predicted octanol–water partition coefficient (Wildman–Crippen LogP) is 5.30. The van der Waals surface area contributed by atoms with Crippen molar-refractivity contribution in [3.63, 3.8) is 0 Å². The number of carboxylic acids is 2. The molecule has 2 aliphatic carbocycles. The summed E-state index contributed by atoms with van der Waals surface area (Å²) < 4.78 is 1.03. The van der Waals surface area contributed by atoms with Crippen LogP contribution in [-0.4, -0.2) is 37.2 Å². The maximum Gasteiger partial charge on any atom is 0.303 e. The molecule has 7 heteroatoms. The Morgan fingerprint density at radius 1 is 0.692 bits per heavy atom. The van der Waals surface area contributed by atoms with Crippen LogP contribution in [0, 0.1) is 23.7 Å². The van der Waals surface area contributed by atoms with Crippen LogP contribution in [0.2, 0.25) is 0 Å². The van der Waals surface area contributed by atoms with Gasteiger partial charge in [-0.15, -0.1) is 23.5 Å². The summed E-state index contributed by atoms with van der Waals surface area (Å²) in [5.41, 5.74) is 0. The van der Waals surface area contributed by atoms with Crippen LogP contribution < -0.4 is 0 Å². The van der Waals surface area contributed by atoms with Gasteiger partial charge in [-0.25, -0.2) is 0 Å². The summed E-state index contributed by atoms with van der Waals surface area (Å²) in [6, 6.07) is 0. The SMILES string of the molecule is O=C(O)CC1CCC(CSC(=S)SCC2CCC(CC(=O)O)CC2)CC1. The molecule has 2 N–H and O–H groups in total. The van der Waals surface area contributed by atoms with Gasteiger partial charge in [-0.1, -0.05) is 12.2 Å². The molecule has 2 fully saturated rings. The highest BCUT2D eigenvalue weighted by Crippen LogP contribution is 2.36. The Hall–Kier alpha value is -0.270. The van der Waals surface area contributed by atoms with Crippen LogP contribution in [0.5, 0.6) is 0 Å². The first-order valence-corrected chi connectivity index (χ1v) is 12.0. The number of thioether (sulfide) groups is 2. The highest BCUT2D eigenvalue weighted by atomic mass is 32.2. The largest absolute Gasteiger partial charge is 0.481 e. The molecule has 26 heavy (non-hydrogen) atoms. The Balaban J connectivity index is 1.53. The Morgan fingerprint density at radius 2 is 1.00 bits per heavy atom. The van der Waals surface area contributed by atoms with Crippen LogP contribution in [0.1, 0.15) is 64.2 Å². The fourth-order valence-electron chi connectivity index (χ4n) is 4.11. The zero-order valence-corrected chi connectivity index (χ0v) is 17.7. The van der Waals surface area contributed by atoms with E-state index in [2.05, 4.69) is 0 Å². The Labute approximate surface area is 170 Å². The number of carbonyl (C=O) groups is 2. The fourth-order valence-corrected chi connectivity index (χ4v) is 6.67. The molecule has 0 aromatic rings. The van der Waals surface area contributed by atoms with Crippen molar-refractivity contribution in [1.29, 1.82) is 0 Å². The highest BCUT2D eigenvalue weighted by Gasteiger charge is 2.25. The van der Waals surface area contributed by atoms with Gasteiger partial charge in [0.05, 0.1) is 0 Å². The predicted molar refractivity (Wildman–Crippen MR) is 113 cm³/mol. The molecule has 4 nitrogen and oxygen atoms in total. The summed E-state index contributed by atoms with van der Waals surface area (Å²) in [5, 5.41) is 17.8. The number of carboxylic acid groups (broad SMARTS) is 2. The quantitative estimate of drug-likeness (QED) is 0.518. The number of rotatable bonds is 8. The topological polar surface area (TPSA) is 74.6 Å². The molecule has 148 valence electrons. The molecular formula is C19H30O4S3. The number of hydrogen-bond acceptors (Lipinski definition) is 5. The van der Waals surface area contributed by atoms with E-state index >= 15 is 0 Å². The van der Waals surface area contributed by atoms with Crippen molar-refractivity contribution in [3.8, 4) is 0 Å². The second kappa shape index (κ2) is 11.5. The lowest BCUT2D eigenvalue weighted by Crippen LogP contribution is -2.19.